The molecule has 20 heavy (non-hydrogen) atoms. The van der Waals surface area contributed by atoms with E-state index in [9.17, 15) is 4.79 Å². The van der Waals surface area contributed by atoms with Gasteiger partial charge in [-0.1, -0.05) is 0 Å². The van der Waals surface area contributed by atoms with Crippen molar-refractivity contribution in [3.8, 4) is 6.07 Å². The largest absolute Gasteiger partial charge is 0.462 e. The van der Waals surface area contributed by atoms with Crippen molar-refractivity contribution in [3.63, 3.8) is 0 Å². The van der Waals surface area contributed by atoms with E-state index in [4.69, 9.17) is 14.4 Å². The maximum absolute atomic E-state index is 11.4. The third-order valence-corrected chi connectivity index (χ3v) is 2.49. The highest BCUT2D eigenvalue weighted by Gasteiger charge is 2.09. The van der Waals surface area contributed by atoms with Crippen LogP contribution in [0.2, 0.25) is 0 Å². The number of nitrogens with one attached hydrogen (secondary N) is 1. The van der Waals surface area contributed by atoms with Crippen LogP contribution in [-0.4, -0.2) is 17.6 Å². The quantitative estimate of drug-likeness (QED) is 0.522. The van der Waals surface area contributed by atoms with Gasteiger partial charge in [-0.05, 0) is 25.1 Å². The number of benzene rings is 1. The van der Waals surface area contributed by atoms with Crippen LogP contribution >= 0.6 is 0 Å². The van der Waals surface area contributed by atoms with Gasteiger partial charge < -0.3 is 14.5 Å². The molecule has 6 nitrogen and oxygen atoms in total. The number of hydrogen-bond acceptors (Lipinski definition) is 6. The van der Waals surface area contributed by atoms with Gasteiger partial charge in [0.25, 0.3) is 0 Å². The van der Waals surface area contributed by atoms with Gasteiger partial charge in [-0.25, -0.2) is 9.78 Å². The molecule has 102 valence electrons. The van der Waals surface area contributed by atoms with E-state index in [1.807, 2.05) is 0 Å². The first kappa shape index (κ1) is 13.6. The van der Waals surface area contributed by atoms with E-state index >= 15 is 0 Å². The molecular formula is C14H13N3O3. The van der Waals surface area contributed by atoms with Crippen molar-refractivity contribution in [2.75, 3.05) is 11.9 Å². The molecule has 1 aromatic carbocycles. The van der Waals surface area contributed by atoms with Crippen molar-refractivity contribution in [2.45, 2.75) is 13.8 Å². The normalized spacial score (nSPS) is 11.2. The molecular weight excluding hydrogens is 258 g/mol. The fourth-order valence-electron chi connectivity index (χ4n) is 1.63. The Balaban J connectivity index is 2.18. The summed E-state index contributed by atoms with van der Waals surface area (Å²) in [5, 5.41) is 11.8. The van der Waals surface area contributed by atoms with Crippen LogP contribution in [0.5, 0.6) is 0 Å². The van der Waals surface area contributed by atoms with E-state index in [1.54, 1.807) is 38.1 Å². The number of nitriles is 1. The van der Waals surface area contributed by atoms with Gasteiger partial charge >= 0.3 is 5.97 Å². The number of carbonyl (C=O) groups is 1. The zero-order valence-electron chi connectivity index (χ0n) is 11.1. The molecule has 1 aromatic heterocycles. The maximum Gasteiger partial charge on any atom is 0.350 e. The molecule has 0 saturated carbocycles. The monoisotopic (exact) mass is 271 g/mol. The lowest BCUT2D eigenvalue weighted by Gasteiger charge is -2.02. The van der Waals surface area contributed by atoms with Crippen molar-refractivity contribution in [2.24, 2.45) is 0 Å². The second-order valence-electron chi connectivity index (χ2n) is 3.95. The molecule has 0 bridgehead atoms. The first-order valence-electron chi connectivity index (χ1n) is 6.05. The summed E-state index contributed by atoms with van der Waals surface area (Å²) in [6.07, 6.45) is 1.31. The molecule has 0 atom stereocenters. The molecule has 0 aliphatic carbocycles. The van der Waals surface area contributed by atoms with Gasteiger partial charge in [0.2, 0.25) is 0 Å². The Hall–Kier alpha value is -2.81. The van der Waals surface area contributed by atoms with Crippen molar-refractivity contribution >= 4 is 22.8 Å². The van der Waals surface area contributed by atoms with Crippen molar-refractivity contribution in [3.05, 3.63) is 35.9 Å². The van der Waals surface area contributed by atoms with E-state index in [0.717, 1.165) is 0 Å². The van der Waals surface area contributed by atoms with Gasteiger partial charge in [-0.3, -0.25) is 0 Å². The summed E-state index contributed by atoms with van der Waals surface area (Å²) in [6, 6.07) is 7.09. The molecule has 6 heteroatoms. The lowest BCUT2D eigenvalue weighted by Crippen LogP contribution is -2.07. The third-order valence-electron chi connectivity index (χ3n) is 2.49. The van der Waals surface area contributed by atoms with Gasteiger partial charge in [0.05, 0.1) is 6.61 Å². The fraction of sp³-hybridized carbons (Fsp3) is 0.214. The van der Waals surface area contributed by atoms with Crippen molar-refractivity contribution in [1.29, 1.82) is 5.26 Å². The molecule has 2 rings (SSSR count). The highest BCUT2D eigenvalue weighted by molar-refractivity contribution is 5.93. The minimum Gasteiger partial charge on any atom is -0.462 e. The van der Waals surface area contributed by atoms with E-state index in [2.05, 4.69) is 10.3 Å². The third kappa shape index (κ3) is 2.95. The number of nitrogens with zero attached hydrogens (tertiary/aromatic N) is 2. The number of esters is 1. The predicted octanol–water partition coefficient (Wildman–Crippen LogP) is 2.52. The van der Waals surface area contributed by atoms with Gasteiger partial charge in [0, 0.05) is 18.8 Å². The molecule has 1 heterocycles. The van der Waals surface area contributed by atoms with Crippen molar-refractivity contribution in [1.82, 2.24) is 4.98 Å². The van der Waals surface area contributed by atoms with E-state index in [-0.39, 0.29) is 12.2 Å². The zero-order valence-corrected chi connectivity index (χ0v) is 11.1. The maximum atomic E-state index is 11.4. The highest BCUT2D eigenvalue weighted by atomic mass is 16.5. The van der Waals surface area contributed by atoms with Crippen molar-refractivity contribution < 1.29 is 13.9 Å². The molecule has 0 unspecified atom stereocenters. The average Bonchev–Trinajstić information content (AvgIpc) is 2.79. The minimum atomic E-state index is -0.652. The predicted molar refractivity (Wildman–Crippen MR) is 72.7 cm³/mol. The number of rotatable bonds is 4. The Morgan fingerprint density at radius 1 is 1.60 bits per heavy atom. The van der Waals surface area contributed by atoms with Crippen LogP contribution in [0.4, 0.5) is 5.69 Å². The molecule has 0 spiro atoms. The van der Waals surface area contributed by atoms with Crippen LogP contribution in [0.15, 0.2) is 34.4 Å². The number of oxazole rings is 1. The molecule has 0 aliphatic heterocycles. The zero-order chi connectivity index (χ0) is 14.5. The first-order valence-corrected chi connectivity index (χ1v) is 6.05. The van der Waals surface area contributed by atoms with Gasteiger partial charge in [0.15, 0.2) is 17.0 Å². The van der Waals surface area contributed by atoms with Crippen LogP contribution in [-0.2, 0) is 9.53 Å². The van der Waals surface area contributed by atoms with Gasteiger partial charge in [-0.2, -0.15) is 5.26 Å². The Bertz CT molecular complexity index is 710. The van der Waals surface area contributed by atoms with Crippen LogP contribution in [0, 0.1) is 18.3 Å². The topological polar surface area (TPSA) is 88.2 Å². The van der Waals surface area contributed by atoms with Crippen LogP contribution in [0.25, 0.3) is 11.1 Å². The standard InChI is InChI=1S/C14H13N3O3/c1-3-19-14(18)10(7-15)8-16-11-4-5-13-12(6-11)17-9(2)20-13/h4-6,8,16H,3H2,1-2H3/b10-8-. The smallest absolute Gasteiger partial charge is 0.350 e. The number of fused-ring (bicyclic) bond motifs is 1. The van der Waals surface area contributed by atoms with E-state index < -0.39 is 5.97 Å². The number of hydrogen-bond donors (Lipinski definition) is 1. The average molecular weight is 271 g/mol. The summed E-state index contributed by atoms with van der Waals surface area (Å²) in [7, 11) is 0. The molecule has 0 aliphatic rings. The molecule has 0 radical (unpaired) electrons. The fourth-order valence-corrected chi connectivity index (χ4v) is 1.63. The SMILES string of the molecule is CCOC(=O)/C(C#N)=C\Nc1ccc2oc(C)nc2c1. The molecule has 0 saturated heterocycles. The Morgan fingerprint density at radius 3 is 3.10 bits per heavy atom. The lowest BCUT2D eigenvalue weighted by molar-refractivity contribution is -0.138. The summed E-state index contributed by atoms with van der Waals surface area (Å²) in [6.45, 7) is 3.67. The summed E-state index contributed by atoms with van der Waals surface area (Å²) >= 11 is 0. The van der Waals surface area contributed by atoms with Crippen LogP contribution in [0.3, 0.4) is 0 Å². The Morgan fingerprint density at radius 2 is 2.40 bits per heavy atom. The number of aromatic nitrogens is 1. The molecule has 0 fully saturated rings. The summed E-state index contributed by atoms with van der Waals surface area (Å²) in [4.78, 5) is 15.6. The Labute approximate surface area is 115 Å². The Kier molecular flexibility index (Phi) is 4.01. The minimum absolute atomic E-state index is 0.0942. The summed E-state index contributed by atoms with van der Waals surface area (Å²) < 4.78 is 10.1. The number of ether oxygens (including phenoxy) is 1. The second-order valence-corrected chi connectivity index (χ2v) is 3.95. The summed E-state index contributed by atoms with van der Waals surface area (Å²) in [5.41, 5.74) is 1.99. The molecule has 0 amide bonds. The van der Waals surface area contributed by atoms with E-state index in [0.29, 0.717) is 22.7 Å². The van der Waals surface area contributed by atoms with E-state index in [1.165, 1.54) is 6.20 Å². The van der Waals surface area contributed by atoms with Crippen LogP contribution < -0.4 is 5.32 Å². The molecule has 1 N–H and O–H groups in total. The lowest BCUT2D eigenvalue weighted by atomic mass is 10.2. The molecule has 2 aromatic rings. The number of carbonyl (C=O) groups excluding carboxylic acids is 1. The second kappa shape index (κ2) is 5.89. The van der Waals surface area contributed by atoms with Crippen LogP contribution in [0.1, 0.15) is 12.8 Å². The first-order chi connectivity index (χ1) is 9.63. The van der Waals surface area contributed by atoms with Gasteiger partial charge in [0.1, 0.15) is 11.6 Å². The number of aryl methyl sites for hydroxylation is 1. The highest BCUT2D eigenvalue weighted by Crippen LogP contribution is 2.19. The summed E-state index contributed by atoms with van der Waals surface area (Å²) in [5.74, 6) is -0.0715. The number of anilines is 1. The van der Waals surface area contributed by atoms with Gasteiger partial charge in [-0.15, -0.1) is 0 Å².